The van der Waals surface area contributed by atoms with Gasteiger partial charge in [-0.3, -0.25) is 0 Å². The van der Waals surface area contributed by atoms with Crippen LogP contribution in [-0.4, -0.2) is 0 Å². The molecule has 3 heteroatoms. The normalized spacial score (nSPS) is 14.5. The van der Waals surface area contributed by atoms with E-state index in [1.54, 1.807) is 0 Å². The lowest BCUT2D eigenvalue weighted by Crippen LogP contribution is -2.17. The van der Waals surface area contributed by atoms with Crippen LogP contribution < -0.4 is 10.5 Å². The quantitative estimate of drug-likeness (QED) is 0.138. The first-order chi connectivity index (χ1) is 25.2. The maximum Gasteiger partial charge on any atom is 0.344 e. The van der Waals surface area contributed by atoms with Gasteiger partial charge in [0, 0.05) is 33.2 Å². The van der Waals surface area contributed by atoms with Crippen LogP contribution in [0.25, 0.3) is 55.1 Å². The number of fused-ring (bicyclic) bond motifs is 9. The molecule has 2 aliphatic carbocycles. The van der Waals surface area contributed by atoms with Crippen molar-refractivity contribution in [3.63, 3.8) is 0 Å². The first kappa shape index (κ1) is 30.6. The van der Waals surface area contributed by atoms with E-state index in [1.807, 2.05) is 30.3 Å². The second-order valence-corrected chi connectivity index (χ2v) is 15.3. The van der Waals surface area contributed by atoms with Gasteiger partial charge in [-0.1, -0.05) is 131 Å². The van der Waals surface area contributed by atoms with Crippen molar-refractivity contribution < 1.29 is 4.42 Å². The largest absolute Gasteiger partial charge is 0.422 e. The molecule has 0 N–H and O–H groups in total. The minimum Gasteiger partial charge on any atom is -0.422 e. The molecule has 250 valence electrons. The Labute approximate surface area is 303 Å². The fourth-order valence-corrected chi connectivity index (χ4v) is 9.06. The van der Waals surface area contributed by atoms with E-state index in [-0.39, 0.29) is 16.5 Å². The molecule has 1 heterocycles. The second kappa shape index (κ2) is 10.9. The standard InChI is InChI=1S/C49H37NO2/c1-48(2)41-20-10-8-18-39(41)46-42(48)21-12-22-44(46)50(33-24-26-36-35-16-7-9-19-40(35)49(3,4)43(36)29-33)32-14-11-13-30(27-32)31-23-25-37-34-15-5-6-17-38(34)47(51)52-45(37)28-31/h5-29H,1-4H3. The molecule has 8 aromatic rings. The van der Waals surface area contributed by atoms with E-state index in [2.05, 4.69) is 154 Å². The van der Waals surface area contributed by atoms with Crippen LogP contribution in [0.2, 0.25) is 0 Å². The first-order valence-electron chi connectivity index (χ1n) is 18.1. The van der Waals surface area contributed by atoms with Gasteiger partial charge >= 0.3 is 5.63 Å². The Hall–Kier alpha value is -6.19. The zero-order valence-electron chi connectivity index (χ0n) is 29.7. The molecule has 52 heavy (non-hydrogen) atoms. The van der Waals surface area contributed by atoms with E-state index in [0.717, 1.165) is 39.0 Å². The van der Waals surface area contributed by atoms with Gasteiger partial charge in [0.1, 0.15) is 5.58 Å². The van der Waals surface area contributed by atoms with Gasteiger partial charge in [-0.05, 0) is 104 Å². The van der Waals surface area contributed by atoms with Crippen LogP contribution in [0, 0.1) is 0 Å². The molecule has 0 spiro atoms. The van der Waals surface area contributed by atoms with Crippen molar-refractivity contribution in [3.8, 4) is 33.4 Å². The Morgan fingerprint density at radius 3 is 1.90 bits per heavy atom. The van der Waals surface area contributed by atoms with E-state index >= 15 is 0 Å². The molecule has 0 radical (unpaired) electrons. The maximum absolute atomic E-state index is 12.9. The lowest BCUT2D eigenvalue weighted by molar-refractivity contribution is 0.570. The zero-order chi connectivity index (χ0) is 35.4. The number of rotatable bonds is 4. The van der Waals surface area contributed by atoms with Gasteiger partial charge < -0.3 is 9.32 Å². The molecule has 0 saturated carbocycles. The molecule has 0 atom stereocenters. The van der Waals surface area contributed by atoms with E-state index in [0.29, 0.717) is 11.0 Å². The third-order valence-electron chi connectivity index (χ3n) is 11.7. The Balaban J connectivity index is 1.19. The highest BCUT2D eigenvalue weighted by Gasteiger charge is 2.39. The smallest absolute Gasteiger partial charge is 0.344 e. The van der Waals surface area contributed by atoms with Gasteiger partial charge in [0.25, 0.3) is 0 Å². The number of hydrogen-bond donors (Lipinski definition) is 0. The monoisotopic (exact) mass is 671 g/mol. The molecule has 10 rings (SSSR count). The maximum atomic E-state index is 12.9. The third kappa shape index (κ3) is 4.29. The van der Waals surface area contributed by atoms with E-state index in [4.69, 9.17) is 4.42 Å². The summed E-state index contributed by atoms with van der Waals surface area (Å²) in [5.74, 6) is 0. The van der Waals surface area contributed by atoms with Crippen LogP contribution in [0.4, 0.5) is 17.1 Å². The lowest BCUT2D eigenvalue weighted by Gasteiger charge is -2.30. The SMILES string of the molecule is CC1(C)c2ccccc2-c2ccc(N(c3cccc(-c4ccc5c(c4)oc(=O)c4ccccc45)c3)c3cccc4c3-c3ccccc3C4(C)C)cc21. The van der Waals surface area contributed by atoms with Gasteiger partial charge in [0.15, 0.2) is 0 Å². The van der Waals surface area contributed by atoms with Crippen LogP contribution in [0.1, 0.15) is 49.9 Å². The Morgan fingerprint density at radius 1 is 0.462 bits per heavy atom. The number of hydrogen-bond acceptors (Lipinski definition) is 3. The van der Waals surface area contributed by atoms with Crippen LogP contribution >= 0.6 is 0 Å². The molecule has 3 nitrogen and oxygen atoms in total. The lowest BCUT2D eigenvalue weighted by atomic mass is 9.82. The molecular formula is C49H37NO2. The topological polar surface area (TPSA) is 33.5 Å². The summed E-state index contributed by atoms with van der Waals surface area (Å²) in [6.07, 6.45) is 0. The fourth-order valence-electron chi connectivity index (χ4n) is 9.06. The summed E-state index contributed by atoms with van der Waals surface area (Å²) in [7, 11) is 0. The summed E-state index contributed by atoms with van der Waals surface area (Å²) in [5.41, 5.74) is 15.9. The van der Waals surface area contributed by atoms with Crippen LogP contribution in [0.15, 0.2) is 161 Å². The van der Waals surface area contributed by atoms with E-state index in [9.17, 15) is 4.79 Å². The molecule has 0 unspecified atom stereocenters. The molecule has 0 amide bonds. The summed E-state index contributed by atoms with van der Waals surface area (Å²) in [6, 6.07) is 54.0. The first-order valence-corrected chi connectivity index (χ1v) is 18.1. The third-order valence-corrected chi connectivity index (χ3v) is 11.7. The molecule has 0 saturated heterocycles. The molecule has 0 bridgehead atoms. The summed E-state index contributed by atoms with van der Waals surface area (Å²) in [5, 5.41) is 2.43. The predicted molar refractivity (Wildman–Crippen MR) is 215 cm³/mol. The predicted octanol–water partition coefficient (Wildman–Crippen LogP) is 12.7. The summed E-state index contributed by atoms with van der Waals surface area (Å²) < 4.78 is 5.88. The minimum absolute atomic E-state index is 0.129. The number of benzene rings is 7. The molecule has 1 aromatic heterocycles. The zero-order valence-corrected chi connectivity index (χ0v) is 29.7. The Bertz CT molecular complexity index is 2840. The molecule has 0 aliphatic heterocycles. The second-order valence-electron chi connectivity index (χ2n) is 15.3. The molecule has 0 fully saturated rings. The van der Waals surface area contributed by atoms with Crippen molar-refractivity contribution in [2.24, 2.45) is 0 Å². The Morgan fingerprint density at radius 2 is 1.08 bits per heavy atom. The van der Waals surface area contributed by atoms with Crippen molar-refractivity contribution in [1.82, 2.24) is 0 Å². The summed E-state index contributed by atoms with van der Waals surface area (Å²) >= 11 is 0. The van der Waals surface area contributed by atoms with Crippen molar-refractivity contribution in [2.75, 3.05) is 4.90 Å². The average molecular weight is 672 g/mol. The number of nitrogens with zero attached hydrogens (tertiary/aromatic N) is 1. The highest BCUT2D eigenvalue weighted by Crippen LogP contribution is 2.55. The van der Waals surface area contributed by atoms with Crippen molar-refractivity contribution in [2.45, 2.75) is 38.5 Å². The van der Waals surface area contributed by atoms with Crippen LogP contribution in [0.3, 0.4) is 0 Å². The minimum atomic E-state index is -0.317. The number of anilines is 3. The van der Waals surface area contributed by atoms with Gasteiger partial charge in [-0.15, -0.1) is 0 Å². The van der Waals surface area contributed by atoms with Gasteiger partial charge in [0.2, 0.25) is 0 Å². The average Bonchev–Trinajstić information content (AvgIpc) is 3.55. The summed E-state index contributed by atoms with van der Waals surface area (Å²) in [6.45, 7) is 9.35. The van der Waals surface area contributed by atoms with Crippen molar-refractivity contribution in [1.29, 1.82) is 0 Å². The van der Waals surface area contributed by atoms with Crippen LogP contribution in [0.5, 0.6) is 0 Å². The van der Waals surface area contributed by atoms with E-state index < -0.39 is 0 Å². The fraction of sp³-hybridized carbons (Fsp3) is 0.122. The highest BCUT2D eigenvalue weighted by molar-refractivity contribution is 6.05. The summed E-state index contributed by atoms with van der Waals surface area (Å²) in [4.78, 5) is 15.4. The molecule has 2 aliphatic rings. The van der Waals surface area contributed by atoms with Crippen molar-refractivity contribution in [3.05, 3.63) is 184 Å². The highest BCUT2D eigenvalue weighted by atomic mass is 16.4. The molecule has 7 aromatic carbocycles. The Kier molecular flexibility index (Phi) is 6.42. The van der Waals surface area contributed by atoms with E-state index in [1.165, 1.54) is 44.5 Å². The van der Waals surface area contributed by atoms with Crippen molar-refractivity contribution >= 4 is 38.8 Å². The van der Waals surface area contributed by atoms with Gasteiger partial charge in [-0.2, -0.15) is 0 Å². The molecular weight excluding hydrogens is 635 g/mol. The van der Waals surface area contributed by atoms with Gasteiger partial charge in [-0.25, -0.2) is 4.79 Å². The van der Waals surface area contributed by atoms with Crippen LogP contribution in [-0.2, 0) is 10.8 Å². The van der Waals surface area contributed by atoms with Gasteiger partial charge in [0.05, 0.1) is 11.1 Å².